The highest BCUT2D eigenvalue weighted by atomic mass is 16.6. The van der Waals surface area contributed by atoms with Gasteiger partial charge in [-0.25, -0.2) is 4.79 Å². The molecule has 1 fully saturated rings. The van der Waals surface area contributed by atoms with Gasteiger partial charge in [0.1, 0.15) is 18.3 Å². The molecule has 2 rings (SSSR count). The fraction of sp³-hybridized carbons (Fsp3) is 0.600. The first-order valence-electron chi connectivity index (χ1n) is 5.73. The molecule has 10 nitrogen and oxygen atoms in total. The van der Waals surface area contributed by atoms with Crippen LogP contribution >= 0.6 is 0 Å². The van der Waals surface area contributed by atoms with Gasteiger partial charge in [0.05, 0.1) is 6.61 Å². The lowest BCUT2D eigenvalue weighted by Crippen LogP contribution is -2.41. The van der Waals surface area contributed by atoms with E-state index in [2.05, 4.69) is 5.10 Å². The summed E-state index contributed by atoms with van der Waals surface area (Å²) in [5.41, 5.74) is -2.48. The van der Waals surface area contributed by atoms with Crippen molar-refractivity contribution in [3.63, 3.8) is 0 Å². The van der Waals surface area contributed by atoms with Gasteiger partial charge < -0.3 is 20.1 Å². The standard InChI is InChI=1S/C10H13N3O7/c1-3(15)5-8(18)11-10(19)13(12-5)9-7(17)6(16)4(2-14)20-9/h4,6-7,9,14,16-17H,2H2,1H3,(H,11,18,19)/t4-,6-,7-,9-/m1/s1. The first kappa shape index (κ1) is 14.5. The number of carbonyl (C=O) groups is 1. The number of hydrogen-bond donors (Lipinski definition) is 4. The Kier molecular flexibility index (Phi) is 3.81. The molecule has 1 aromatic heterocycles. The van der Waals surface area contributed by atoms with Crippen LogP contribution in [0, 0.1) is 0 Å². The molecule has 0 bridgehead atoms. The zero-order chi connectivity index (χ0) is 15.0. The van der Waals surface area contributed by atoms with E-state index in [1.165, 1.54) is 0 Å². The summed E-state index contributed by atoms with van der Waals surface area (Å²) >= 11 is 0. The van der Waals surface area contributed by atoms with Gasteiger partial charge in [-0.2, -0.15) is 9.78 Å². The fourth-order valence-electron chi connectivity index (χ4n) is 1.90. The first-order valence-corrected chi connectivity index (χ1v) is 5.73. The van der Waals surface area contributed by atoms with Gasteiger partial charge in [0, 0.05) is 6.92 Å². The van der Waals surface area contributed by atoms with Crippen LogP contribution < -0.4 is 11.2 Å². The maximum absolute atomic E-state index is 11.6. The topological polar surface area (TPSA) is 155 Å². The molecule has 110 valence electrons. The highest BCUT2D eigenvalue weighted by molar-refractivity contribution is 5.91. The molecule has 1 saturated heterocycles. The highest BCUT2D eigenvalue weighted by Gasteiger charge is 2.44. The van der Waals surface area contributed by atoms with E-state index in [0.717, 1.165) is 6.92 Å². The number of rotatable bonds is 3. The van der Waals surface area contributed by atoms with Crippen molar-refractivity contribution >= 4 is 5.78 Å². The zero-order valence-corrected chi connectivity index (χ0v) is 10.4. The van der Waals surface area contributed by atoms with Crippen LogP contribution in [0.4, 0.5) is 0 Å². The van der Waals surface area contributed by atoms with Gasteiger partial charge in [0.2, 0.25) is 0 Å². The van der Waals surface area contributed by atoms with Crippen molar-refractivity contribution in [3.8, 4) is 0 Å². The van der Waals surface area contributed by atoms with Crippen molar-refractivity contribution in [2.45, 2.75) is 31.5 Å². The van der Waals surface area contributed by atoms with Crippen LogP contribution in [0.3, 0.4) is 0 Å². The van der Waals surface area contributed by atoms with E-state index in [1.807, 2.05) is 4.98 Å². The number of ether oxygens (including phenoxy) is 1. The molecule has 1 aliphatic heterocycles. The van der Waals surface area contributed by atoms with Crippen LogP contribution in [0.25, 0.3) is 0 Å². The van der Waals surface area contributed by atoms with Gasteiger partial charge in [-0.15, -0.1) is 0 Å². The lowest BCUT2D eigenvalue weighted by atomic mass is 10.1. The van der Waals surface area contributed by atoms with E-state index < -0.39 is 53.9 Å². The largest absolute Gasteiger partial charge is 0.394 e. The average Bonchev–Trinajstić information content (AvgIpc) is 2.66. The number of aliphatic hydroxyl groups excluding tert-OH is 3. The van der Waals surface area contributed by atoms with Crippen LogP contribution in [0.2, 0.25) is 0 Å². The molecular formula is C10H13N3O7. The molecule has 0 spiro atoms. The van der Waals surface area contributed by atoms with Crippen molar-refractivity contribution in [1.82, 2.24) is 14.8 Å². The SMILES string of the molecule is CC(=O)c1nn([C@@H]2O[C@H](CO)[C@@H](O)[C@H]2O)c(=O)[nH]c1=O. The Morgan fingerprint density at radius 3 is 2.55 bits per heavy atom. The van der Waals surface area contributed by atoms with Gasteiger partial charge in [-0.05, 0) is 0 Å². The van der Waals surface area contributed by atoms with E-state index >= 15 is 0 Å². The van der Waals surface area contributed by atoms with Crippen LogP contribution in [-0.2, 0) is 4.74 Å². The zero-order valence-electron chi connectivity index (χ0n) is 10.4. The highest BCUT2D eigenvalue weighted by Crippen LogP contribution is 2.27. The van der Waals surface area contributed by atoms with Gasteiger partial charge in [0.25, 0.3) is 5.56 Å². The van der Waals surface area contributed by atoms with Crippen LogP contribution in [-0.4, -0.2) is 60.8 Å². The van der Waals surface area contributed by atoms with Gasteiger partial charge >= 0.3 is 5.69 Å². The molecule has 0 radical (unpaired) electrons. The number of aliphatic hydroxyl groups is 3. The van der Waals surface area contributed by atoms with Crippen molar-refractivity contribution in [3.05, 3.63) is 26.5 Å². The second-order valence-electron chi connectivity index (χ2n) is 4.34. The van der Waals surface area contributed by atoms with E-state index in [9.17, 15) is 24.6 Å². The Labute approximate surface area is 111 Å². The Balaban J connectivity index is 2.48. The summed E-state index contributed by atoms with van der Waals surface area (Å²) in [5.74, 6) is -0.674. The lowest BCUT2D eigenvalue weighted by Gasteiger charge is -2.15. The summed E-state index contributed by atoms with van der Waals surface area (Å²) in [7, 11) is 0. The van der Waals surface area contributed by atoms with Crippen molar-refractivity contribution in [2.75, 3.05) is 6.61 Å². The molecule has 0 unspecified atom stereocenters. The van der Waals surface area contributed by atoms with Gasteiger partial charge in [0.15, 0.2) is 17.7 Å². The smallest absolute Gasteiger partial charge is 0.347 e. The third-order valence-corrected chi connectivity index (χ3v) is 2.94. The Bertz CT molecular complexity index is 636. The minimum Gasteiger partial charge on any atom is -0.394 e. The predicted octanol–water partition coefficient (Wildman–Crippen LogP) is -3.25. The molecule has 1 aliphatic rings. The molecule has 4 N–H and O–H groups in total. The quantitative estimate of drug-likeness (QED) is 0.422. The maximum Gasteiger partial charge on any atom is 0.347 e. The number of nitrogens with zero attached hydrogens (tertiary/aromatic N) is 2. The minimum absolute atomic E-state index is 0.526. The number of H-pyrrole nitrogens is 1. The molecule has 10 heteroatoms. The summed E-state index contributed by atoms with van der Waals surface area (Å²) in [6.45, 7) is 0.510. The van der Waals surface area contributed by atoms with Crippen molar-refractivity contribution in [1.29, 1.82) is 0 Å². The maximum atomic E-state index is 11.6. The minimum atomic E-state index is -1.54. The fourth-order valence-corrected chi connectivity index (χ4v) is 1.90. The summed E-state index contributed by atoms with van der Waals surface area (Å²) in [6, 6.07) is 0. The van der Waals surface area contributed by atoms with Crippen LogP contribution in [0.1, 0.15) is 23.6 Å². The monoisotopic (exact) mass is 287 g/mol. The molecule has 0 aromatic carbocycles. The summed E-state index contributed by atoms with van der Waals surface area (Å²) in [5, 5.41) is 31.9. The number of Topliss-reactive ketones (excluding diaryl/α,β-unsaturated/α-hetero) is 1. The number of carbonyl (C=O) groups excluding carboxylic acids is 1. The third-order valence-electron chi connectivity index (χ3n) is 2.94. The normalized spacial score (nSPS) is 29.6. The molecule has 0 amide bonds. The number of nitrogens with one attached hydrogen (secondary N) is 1. The second kappa shape index (κ2) is 5.25. The molecular weight excluding hydrogens is 274 g/mol. The molecule has 1 aromatic rings. The summed E-state index contributed by atoms with van der Waals surface area (Å²) in [4.78, 5) is 36.1. The Hall–Kier alpha value is -1.88. The number of hydrogen-bond acceptors (Lipinski definition) is 8. The van der Waals surface area contributed by atoms with E-state index in [4.69, 9.17) is 9.84 Å². The summed E-state index contributed by atoms with van der Waals surface area (Å²) < 4.78 is 5.65. The Morgan fingerprint density at radius 1 is 1.40 bits per heavy atom. The van der Waals surface area contributed by atoms with Crippen molar-refractivity contribution in [2.24, 2.45) is 0 Å². The molecule has 0 aliphatic carbocycles. The molecule has 0 saturated carbocycles. The number of ketones is 1. The second-order valence-corrected chi connectivity index (χ2v) is 4.34. The van der Waals surface area contributed by atoms with E-state index in [0.29, 0.717) is 4.68 Å². The van der Waals surface area contributed by atoms with E-state index in [1.54, 1.807) is 0 Å². The molecule has 20 heavy (non-hydrogen) atoms. The van der Waals surface area contributed by atoms with Crippen LogP contribution in [0.5, 0.6) is 0 Å². The molecule has 4 atom stereocenters. The van der Waals surface area contributed by atoms with Gasteiger partial charge in [-0.1, -0.05) is 0 Å². The Morgan fingerprint density at radius 2 is 2.05 bits per heavy atom. The number of aromatic nitrogens is 3. The van der Waals surface area contributed by atoms with Crippen LogP contribution in [0.15, 0.2) is 9.59 Å². The average molecular weight is 287 g/mol. The van der Waals surface area contributed by atoms with E-state index in [-0.39, 0.29) is 0 Å². The first-order chi connectivity index (χ1) is 9.36. The number of aromatic amines is 1. The predicted molar refractivity (Wildman–Crippen MR) is 62.1 cm³/mol. The lowest BCUT2D eigenvalue weighted by molar-refractivity contribution is -0.0619. The molecule has 2 heterocycles. The van der Waals surface area contributed by atoms with Gasteiger partial charge in [-0.3, -0.25) is 14.6 Å². The van der Waals surface area contributed by atoms with Crippen molar-refractivity contribution < 1.29 is 24.9 Å². The third kappa shape index (κ3) is 2.29. The summed E-state index contributed by atoms with van der Waals surface area (Å²) in [6.07, 6.45) is -5.48.